The minimum atomic E-state index is -1.07. The van der Waals surface area contributed by atoms with E-state index in [1.165, 1.54) is 12.1 Å². The number of rotatable bonds is 9. The molecular weight excluding hydrogens is 426 g/mol. The van der Waals surface area contributed by atoms with Crippen LogP contribution in [0.3, 0.4) is 0 Å². The van der Waals surface area contributed by atoms with E-state index < -0.39 is 35.3 Å². The highest BCUT2D eigenvalue weighted by Gasteiger charge is 2.26. The van der Waals surface area contributed by atoms with E-state index in [1.54, 1.807) is 57.2 Å². The number of hydrogen-bond donors (Lipinski definition) is 2. The molecule has 0 saturated heterocycles. The highest BCUT2D eigenvalue weighted by molar-refractivity contribution is 5.87. The van der Waals surface area contributed by atoms with Gasteiger partial charge in [-0.2, -0.15) is 5.48 Å². The summed E-state index contributed by atoms with van der Waals surface area (Å²) in [4.78, 5) is 52.8. The molecule has 33 heavy (non-hydrogen) atoms. The number of nitrogens with one attached hydrogen (secondary N) is 1. The van der Waals surface area contributed by atoms with E-state index in [1.807, 2.05) is 6.07 Å². The molecule has 0 saturated carbocycles. The number of hydroxylamine groups is 1. The van der Waals surface area contributed by atoms with Crippen molar-refractivity contribution < 1.29 is 33.9 Å². The van der Waals surface area contributed by atoms with Gasteiger partial charge in [-0.25, -0.2) is 9.59 Å². The molecule has 0 aliphatic rings. The minimum absolute atomic E-state index is 0.0154. The van der Waals surface area contributed by atoms with Crippen molar-refractivity contribution in [3.05, 3.63) is 71.3 Å². The van der Waals surface area contributed by atoms with Crippen LogP contribution in [0.5, 0.6) is 0 Å². The summed E-state index contributed by atoms with van der Waals surface area (Å²) >= 11 is 0. The zero-order valence-electron chi connectivity index (χ0n) is 19.0. The van der Waals surface area contributed by atoms with Crippen LogP contribution in [0.2, 0.25) is 0 Å². The van der Waals surface area contributed by atoms with Crippen LogP contribution in [0.1, 0.15) is 55.1 Å². The number of hydrogen-bond acceptors (Lipinski definition) is 6. The Morgan fingerprint density at radius 1 is 0.970 bits per heavy atom. The zero-order chi connectivity index (χ0) is 24.4. The smallest absolute Gasteiger partial charge is 0.336 e. The number of benzene rings is 2. The molecule has 0 fully saturated rings. The third kappa shape index (κ3) is 9.55. The van der Waals surface area contributed by atoms with Crippen LogP contribution in [-0.2, 0) is 36.8 Å². The van der Waals surface area contributed by atoms with Gasteiger partial charge in [0.1, 0.15) is 5.60 Å². The Kier molecular flexibility index (Phi) is 9.15. The number of carboxylic acids is 1. The summed E-state index contributed by atoms with van der Waals surface area (Å²) in [6.07, 6.45) is 0.272. The largest absolute Gasteiger partial charge is 0.478 e. The second-order valence-electron chi connectivity index (χ2n) is 8.64. The van der Waals surface area contributed by atoms with Crippen LogP contribution in [0.15, 0.2) is 54.6 Å². The second-order valence-corrected chi connectivity index (χ2v) is 8.64. The molecule has 2 aromatic rings. The minimum Gasteiger partial charge on any atom is -0.478 e. The summed E-state index contributed by atoms with van der Waals surface area (Å²) in [6, 6.07) is 15.2. The fourth-order valence-electron chi connectivity index (χ4n) is 3.07. The summed E-state index contributed by atoms with van der Waals surface area (Å²) in [5, 5.41) is 9.19. The van der Waals surface area contributed by atoms with E-state index in [0.717, 1.165) is 5.56 Å². The normalized spacial score (nSPS) is 11.8. The first kappa shape index (κ1) is 25.6. The molecule has 0 bridgehead atoms. The number of amides is 1. The van der Waals surface area contributed by atoms with Gasteiger partial charge in [-0.05, 0) is 56.9 Å². The summed E-state index contributed by atoms with van der Waals surface area (Å²) in [5.41, 5.74) is 2.90. The highest BCUT2D eigenvalue weighted by Crippen LogP contribution is 2.20. The van der Waals surface area contributed by atoms with E-state index in [9.17, 15) is 24.3 Å². The molecule has 2 N–H and O–H groups in total. The molecule has 1 atom stereocenters. The standard InChI is InChI=1S/C25H29NO7/c1-25(2,3)32-24(31)20(15-18-10-7-11-19(14-18)23(29)30)12-13-21(27)26-33-22(28)16-17-8-5-4-6-9-17/h4-11,14,20H,12-13,15-16H2,1-3H3,(H,26,27)(H,29,30). The van der Waals surface area contributed by atoms with Gasteiger partial charge in [-0.15, -0.1) is 0 Å². The molecule has 1 amide bonds. The fourth-order valence-corrected chi connectivity index (χ4v) is 3.07. The molecule has 0 spiro atoms. The molecule has 1 unspecified atom stereocenters. The van der Waals surface area contributed by atoms with Gasteiger partial charge in [0.15, 0.2) is 0 Å². The van der Waals surface area contributed by atoms with Crippen LogP contribution >= 0.6 is 0 Å². The number of carboxylic acid groups (broad SMARTS) is 1. The Balaban J connectivity index is 1.95. The van der Waals surface area contributed by atoms with Crippen LogP contribution in [0.25, 0.3) is 0 Å². The molecule has 0 aromatic heterocycles. The lowest BCUT2D eigenvalue weighted by molar-refractivity contribution is -0.161. The Hall–Kier alpha value is -3.68. The average Bonchev–Trinajstić information content (AvgIpc) is 2.74. The molecular formula is C25H29NO7. The molecule has 0 aliphatic carbocycles. The molecule has 176 valence electrons. The summed E-state index contributed by atoms with van der Waals surface area (Å²) in [6.45, 7) is 5.23. The number of ether oxygens (including phenoxy) is 1. The van der Waals surface area contributed by atoms with Crippen molar-refractivity contribution in [2.75, 3.05) is 0 Å². The van der Waals surface area contributed by atoms with Crippen molar-refractivity contribution in [1.29, 1.82) is 0 Å². The van der Waals surface area contributed by atoms with Crippen molar-refractivity contribution >= 4 is 23.8 Å². The molecule has 8 heteroatoms. The van der Waals surface area contributed by atoms with Crippen LogP contribution in [0.4, 0.5) is 0 Å². The zero-order valence-corrected chi connectivity index (χ0v) is 19.0. The molecule has 8 nitrogen and oxygen atoms in total. The third-order valence-electron chi connectivity index (χ3n) is 4.59. The number of carbonyl (C=O) groups is 4. The van der Waals surface area contributed by atoms with Gasteiger partial charge in [0.25, 0.3) is 5.91 Å². The quantitative estimate of drug-likeness (QED) is 0.439. The fraction of sp³-hybridized carbons (Fsp3) is 0.360. The molecule has 0 heterocycles. The number of aromatic carboxylic acids is 1. The summed E-state index contributed by atoms with van der Waals surface area (Å²) < 4.78 is 5.47. The van der Waals surface area contributed by atoms with Crippen LogP contribution in [-0.4, -0.2) is 34.5 Å². The van der Waals surface area contributed by atoms with Crippen molar-refractivity contribution in [2.45, 2.75) is 52.1 Å². The number of carbonyl (C=O) groups excluding carboxylic acids is 3. The Morgan fingerprint density at radius 3 is 2.27 bits per heavy atom. The van der Waals surface area contributed by atoms with E-state index in [-0.39, 0.29) is 31.2 Å². The first-order chi connectivity index (χ1) is 15.5. The highest BCUT2D eigenvalue weighted by atomic mass is 16.7. The molecule has 0 aliphatic heterocycles. The Morgan fingerprint density at radius 2 is 1.64 bits per heavy atom. The average molecular weight is 456 g/mol. The van der Waals surface area contributed by atoms with Gasteiger partial charge in [0.2, 0.25) is 0 Å². The lowest BCUT2D eigenvalue weighted by Gasteiger charge is -2.24. The first-order valence-corrected chi connectivity index (χ1v) is 10.6. The van der Waals surface area contributed by atoms with Gasteiger partial charge in [0.05, 0.1) is 17.9 Å². The van der Waals surface area contributed by atoms with Crippen molar-refractivity contribution in [2.24, 2.45) is 5.92 Å². The summed E-state index contributed by atoms with van der Waals surface area (Å²) in [5.74, 6) is -3.40. The summed E-state index contributed by atoms with van der Waals surface area (Å²) in [7, 11) is 0. The van der Waals surface area contributed by atoms with Crippen molar-refractivity contribution in [3.63, 3.8) is 0 Å². The predicted molar refractivity (Wildman–Crippen MR) is 120 cm³/mol. The second kappa shape index (κ2) is 11.8. The van der Waals surface area contributed by atoms with E-state index in [0.29, 0.717) is 5.56 Å². The van der Waals surface area contributed by atoms with Gasteiger partial charge >= 0.3 is 17.9 Å². The van der Waals surface area contributed by atoms with E-state index >= 15 is 0 Å². The topological polar surface area (TPSA) is 119 Å². The lowest BCUT2D eigenvalue weighted by Crippen LogP contribution is -2.32. The van der Waals surface area contributed by atoms with Gasteiger partial charge in [-0.3, -0.25) is 9.59 Å². The van der Waals surface area contributed by atoms with E-state index in [4.69, 9.17) is 9.57 Å². The number of esters is 1. The lowest BCUT2D eigenvalue weighted by atomic mass is 9.93. The van der Waals surface area contributed by atoms with Crippen LogP contribution in [0, 0.1) is 5.92 Å². The maximum Gasteiger partial charge on any atom is 0.336 e. The van der Waals surface area contributed by atoms with Gasteiger partial charge in [-0.1, -0.05) is 42.5 Å². The van der Waals surface area contributed by atoms with Crippen molar-refractivity contribution in [1.82, 2.24) is 5.48 Å². The maximum atomic E-state index is 12.7. The SMILES string of the molecule is CC(C)(C)OC(=O)C(CCC(=O)NOC(=O)Cc1ccccc1)Cc1cccc(C(=O)O)c1. The predicted octanol–water partition coefficient (Wildman–Crippen LogP) is 3.48. The molecule has 0 radical (unpaired) electrons. The Bertz CT molecular complexity index is 980. The first-order valence-electron chi connectivity index (χ1n) is 10.6. The third-order valence-corrected chi connectivity index (χ3v) is 4.59. The van der Waals surface area contributed by atoms with Crippen molar-refractivity contribution in [3.8, 4) is 0 Å². The van der Waals surface area contributed by atoms with Crippen LogP contribution < -0.4 is 5.48 Å². The van der Waals surface area contributed by atoms with E-state index in [2.05, 4.69) is 5.48 Å². The maximum absolute atomic E-state index is 12.7. The monoisotopic (exact) mass is 455 g/mol. The molecule has 2 rings (SSSR count). The van der Waals surface area contributed by atoms with Gasteiger partial charge < -0.3 is 14.7 Å². The Labute approximate surface area is 192 Å². The molecule has 2 aromatic carbocycles. The van der Waals surface area contributed by atoms with Gasteiger partial charge in [0, 0.05) is 6.42 Å².